The van der Waals surface area contributed by atoms with Crippen molar-refractivity contribution in [1.29, 1.82) is 0 Å². The minimum absolute atomic E-state index is 0.0745. The highest BCUT2D eigenvalue weighted by Gasteiger charge is 2.56. The molecule has 12 atom stereocenters. The molecular weight excluding hydrogens is 744 g/mol. The van der Waals surface area contributed by atoms with Crippen molar-refractivity contribution in [3.05, 3.63) is 25.3 Å². The molecule has 2 aliphatic heterocycles. The summed E-state index contributed by atoms with van der Waals surface area (Å²) >= 11 is 0. The molecule has 2 fully saturated rings. The average molecular weight is 768 g/mol. The Morgan fingerprint density at radius 2 is 1.00 bits per heavy atom. The number of aliphatic hydroxyl groups is 4. The molecule has 4 aromatic heterocycles. The van der Waals surface area contributed by atoms with E-state index in [4.69, 9.17) is 30.0 Å². The maximum Gasteiger partial charge on any atom is 0.798 e. The summed E-state index contributed by atoms with van der Waals surface area (Å²) in [7, 11) is -13.3. The predicted molar refractivity (Wildman–Crippen MR) is 157 cm³/mol. The van der Waals surface area contributed by atoms with Crippen molar-refractivity contribution < 1.29 is 70.1 Å². The van der Waals surface area contributed by atoms with Crippen LogP contribution in [0.5, 0.6) is 0 Å². The third-order valence-electron chi connectivity index (χ3n) is 7.09. The van der Waals surface area contributed by atoms with Crippen molar-refractivity contribution in [1.82, 2.24) is 39.0 Å². The standard InChI is InChI=1S/C20H24N10O15P4/c21-15-9-17(25-3-23-15)29(5-27-9)19-13(33)11(31)7(41-19)1-39-46(35)43-48(37)45-49(38)44-47(36)40-2-8-12(32)14(34)20(42-8)30-6-28-10-16(22)24-4-26-18(10)30/h3-8,11-14,19-20,31-34H,1-2H2,(H2,21,23,25)(H2,22,24,26)/q+4/t7-,8+,11-,12+,13-,14+,19-,20+. The first kappa shape index (κ1) is 35.5. The molecule has 0 saturated carbocycles. The minimum Gasteiger partial charge on any atom is -0.387 e. The second kappa shape index (κ2) is 14.9. The lowest BCUT2D eigenvalue weighted by atomic mass is 10.1. The summed E-state index contributed by atoms with van der Waals surface area (Å²) in [5, 5.41) is 41.7. The van der Waals surface area contributed by atoms with E-state index in [1.807, 2.05) is 0 Å². The molecular formula is C20H24N10O15P4+4. The van der Waals surface area contributed by atoms with E-state index < -0.39 is 95.3 Å². The molecule has 6 rings (SSSR count). The quantitative estimate of drug-likeness (QED) is 0.0903. The van der Waals surface area contributed by atoms with Gasteiger partial charge in [0.05, 0.1) is 12.7 Å². The van der Waals surface area contributed by atoms with Gasteiger partial charge in [0.25, 0.3) is 0 Å². The molecule has 0 radical (unpaired) electrons. The lowest BCUT2D eigenvalue weighted by Crippen LogP contribution is -2.33. The maximum absolute atomic E-state index is 12.1. The van der Waals surface area contributed by atoms with Crippen molar-refractivity contribution in [2.24, 2.45) is 0 Å². The van der Waals surface area contributed by atoms with Crippen LogP contribution >= 0.6 is 33.0 Å². The molecule has 4 aromatic rings. The molecule has 6 heterocycles. The maximum atomic E-state index is 12.1. The summed E-state index contributed by atoms with van der Waals surface area (Å²) in [6, 6.07) is 0. The van der Waals surface area contributed by atoms with E-state index in [0.29, 0.717) is 0 Å². The van der Waals surface area contributed by atoms with Gasteiger partial charge < -0.3 is 41.4 Å². The van der Waals surface area contributed by atoms with Crippen LogP contribution in [-0.2, 0) is 49.7 Å². The number of imidazole rings is 2. The van der Waals surface area contributed by atoms with Crippen molar-refractivity contribution in [3.63, 3.8) is 0 Å². The third-order valence-corrected chi connectivity index (χ3v) is 11.0. The van der Waals surface area contributed by atoms with Crippen LogP contribution in [0.25, 0.3) is 22.3 Å². The number of hydrogen-bond acceptors (Lipinski definition) is 23. The molecule has 29 heteroatoms. The first-order valence-electron chi connectivity index (χ1n) is 13.5. The number of fused-ring (bicyclic) bond motifs is 2. The monoisotopic (exact) mass is 768 g/mol. The van der Waals surface area contributed by atoms with Crippen LogP contribution in [0, 0.1) is 0 Å². The van der Waals surface area contributed by atoms with Gasteiger partial charge in [-0.2, -0.15) is 0 Å². The fraction of sp³-hybridized carbons (Fsp3) is 0.500. The lowest BCUT2D eigenvalue weighted by molar-refractivity contribution is -0.0475. The van der Waals surface area contributed by atoms with Gasteiger partial charge in [-0.05, 0) is 0 Å². The zero-order chi connectivity index (χ0) is 35.0. The molecule has 260 valence electrons. The number of ether oxygens (including phenoxy) is 2. The Morgan fingerprint density at radius 1 is 0.612 bits per heavy atom. The number of rotatable bonds is 14. The van der Waals surface area contributed by atoms with Crippen LogP contribution in [0.15, 0.2) is 25.3 Å². The Hall–Kier alpha value is -3.34. The van der Waals surface area contributed by atoms with Crippen LogP contribution in [0.3, 0.4) is 0 Å². The van der Waals surface area contributed by atoms with E-state index in [0.717, 1.165) is 0 Å². The van der Waals surface area contributed by atoms with Crippen molar-refractivity contribution in [2.75, 3.05) is 24.7 Å². The normalized spacial score (nSPS) is 28.3. The Kier molecular flexibility index (Phi) is 10.8. The largest absolute Gasteiger partial charge is 0.798 e. The molecule has 49 heavy (non-hydrogen) atoms. The number of anilines is 2. The van der Waals surface area contributed by atoms with E-state index in [-0.39, 0.29) is 34.0 Å². The highest BCUT2D eigenvalue weighted by Crippen LogP contribution is 2.51. The second-order valence-corrected chi connectivity index (χ2v) is 14.3. The number of aromatic nitrogens is 8. The lowest BCUT2D eigenvalue weighted by Gasteiger charge is -2.16. The summed E-state index contributed by atoms with van der Waals surface area (Å²) in [4.78, 5) is 23.8. The molecule has 0 aromatic carbocycles. The van der Waals surface area contributed by atoms with Crippen LogP contribution < -0.4 is 11.5 Å². The Labute approximate surface area is 275 Å². The summed E-state index contributed by atoms with van der Waals surface area (Å²) in [6.45, 7) is -1.27. The highest BCUT2D eigenvalue weighted by atomic mass is 31.2. The molecule has 0 spiro atoms. The highest BCUT2D eigenvalue weighted by molar-refractivity contribution is 7.56. The fourth-order valence-electron chi connectivity index (χ4n) is 4.81. The first-order valence-corrected chi connectivity index (χ1v) is 17.9. The number of nitrogen functional groups attached to an aromatic ring is 2. The van der Waals surface area contributed by atoms with Gasteiger partial charge in [-0.15, -0.1) is 9.05 Å². The number of aliphatic hydroxyl groups excluding tert-OH is 4. The smallest absolute Gasteiger partial charge is 0.387 e. The van der Waals surface area contributed by atoms with Gasteiger partial charge in [-0.25, -0.2) is 29.9 Å². The van der Waals surface area contributed by atoms with Crippen LogP contribution in [0.2, 0.25) is 0 Å². The Bertz CT molecular complexity index is 1780. The van der Waals surface area contributed by atoms with E-state index in [9.17, 15) is 38.7 Å². The topological polar surface area (TPSA) is 353 Å². The zero-order valence-corrected chi connectivity index (χ0v) is 27.7. The summed E-state index contributed by atoms with van der Waals surface area (Å²) in [6.07, 6.45) is -6.16. The van der Waals surface area contributed by atoms with E-state index in [1.165, 1.54) is 34.4 Å². The van der Waals surface area contributed by atoms with Gasteiger partial charge in [0.15, 0.2) is 48.3 Å². The minimum atomic E-state index is -3.44. The van der Waals surface area contributed by atoms with Gasteiger partial charge in [-0.1, -0.05) is 0 Å². The third kappa shape index (κ3) is 7.42. The summed E-state index contributed by atoms with van der Waals surface area (Å²) in [5.41, 5.74) is 12.4. The van der Waals surface area contributed by atoms with E-state index in [2.05, 4.69) is 42.8 Å². The van der Waals surface area contributed by atoms with Gasteiger partial charge in [0.1, 0.15) is 73.5 Å². The van der Waals surface area contributed by atoms with Crippen molar-refractivity contribution >= 4 is 67.0 Å². The average Bonchev–Trinajstić information content (AvgIpc) is 3.81. The van der Waals surface area contributed by atoms with Crippen molar-refractivity contribution in [2.45, 2.75) is 49.1 Å². The van der Waals surface area contributed by atoms with Gasteiger partial charge in [0, 0.05) is 18.3 Å². The fourth-order valence-corrected chi connectivity index (χ4v) is 7.81. The molecule has 25 nitrogen and oxygen atoms in total. The molecule has 0 bridgehead atoms. The molecule has 2 saturated heterocycles. The predicted octanol–water partition coefficient (Wildman–Crippen LogP) is -0.218. The van der Waals surface area contributed by atoms with Gasteiger partial charge in [0.2, 0.25) is 0 Å². The summed E-state index contributed by atoms with van der Waals surface area (Å²) in [5.74, 6) is 0.149. The molecule has 4 unspecified atom stereocenters. The SMILES string of the molecule is Nc1ncnc2c1ncn2[C@@H]1O[C@H](CO[P+](=O)O[P+](=O)O[P+](=O)O[P+](=O)OC[C@@H]2O[C@H](n3cnc4c(N)ncnc43)[C@@H](O)[C@H]2O)[C@@H](O)[C@H]1O. The number of nitrogens with zero attached hydrogens (tertiary/aromatic N) is 8. The summed E-state index contributed by atoms with van der Waals surface area (Å²) < 4.78 is 85.2. The van der Waals surface area contributed by atoms with E-state index >= 15 is 0 Å². The number of hydrogen-bond donors (Lipinski definition) is 6. The van der Waals surface area contributed by atoms with Crippen LogP contribution in [0.1, 0.15) is 12.5 Å². The molecule has 8 N–H and O–H groups in total. The van der Waals surface area contributed by atoms with Crippen molar-refractivity contribution in [3.8, 4) is 0 Å². The molecule has 0 aliphatic carbocycles. The first-order chi connectivity index (χ1) is 23.4. The Balaban J connectivity index is 0.924. The molecule has 0 amide bonds. The van der Waals surface area contributed by atoms with E-state index in [1.54, 1.807) is 0 Å². The zero-order valence-electron chi connectivity index (χ0n) is 24.1. The van der Waals surface area contributed by atoms with Crippen LogP contribution in [0.4, 0.5) is 11.6 Å². The Morgan fingerprint density at radius 3 is 1.41 bits per heavy atom. The molecule has 2 aliphatic rings. The van der Waals surface area contributed by atoms with Gasteiger partial charge >= 0.3 is 33.0 Å². The van der Waals surface area contributed by atoms with Crippen LogP contribution in [-0.4, -0.2) is 109 Å². The number of nitrogens with two attached hydrogens (primary N) is 2. The second-order valence-electron chi connectivity index (χ2n) is 9.99. The van der Waals surface area contributed by atoms with Gasteiger partial charge in [-0.3, -0.25) is 9.13 Å².